The van der Waals surface area contributed by atoms with E-state index in [-0.39, 0.29) is 45.5 Å². The Hall–Kier alpha value is -2.33. The third-order valence-corrected chi connectivity index (χ3v) is 6.80. The molecule has 0 aliphatic carbocycles. The Morgan fingerprint density at radius 2 is 1.61 bits per heavy atom. The average Bonchev–Trinajstić information content (AvgIpc) is 2.77. The zero-order chi connectivity index (χ0) is 24.6. The fraction of sp³-hybridized carbons (Fsp3) is 0.167. The number of rotatable bonds is 6. The molecule has 0 aliphatic heterocycles. The largest absolute Gasteiger partial charge is 0.505 e. The number of aromatic nitrogens is 2. The first-order valence-corrected chi connectivity index (χ1v) is 12.9. The summed E-state index contributed by atoms with van der Waals surface area (Å²) in [6.07, 6.45) is 2.46. The van der Waals surface area contributed by atoms with Crippen molar-refractivity contribution in [3.05, 3.63) is 70.3 Å². The molecule has 2 aromatic heterocycles. The number of fused-ring (bicyclic) bond motifs is 1. The van der Waals surface area contributed by atoms with Crippen molar-refractivity contribution in [2.75, 3.05) is 25.7 Å². The molecule has 36 heavy (non-hydrogen) atoms. The van der Waals surface area contributed by atoms with Crippen LogP contribution in [0, 0.1) is 0 Å². The molecule has 0 spiro atoms. The molecule has 0 bridgehead atoms. The van der Waals surface area contributed by atoms with Crippen LogP contribution in [-0.4, -0.2) is 48.7 Å². The molecule has 0 aliphatic rings. The van der Waals surface area contributed by atoms with Gasteiger partial charge in [0.1, 0.15) is 10.4 Å². The Morgan fingerprint density at radius 3 is 2.17 bits per heavy atom. The molecule has 0 amide bonds. The molecule has 0 saturated carbocycles. The lowest BCUT2D eigenvalue weighted by Crippen LogP contribution is -2.10. The number of anilines is 2. The van der Waals surface area contributed by atoms with Gasteiger partial charge in [-0.2, -0.15) is 0 Å². The average molecular weight is 590 g/mol. The number of halogens is 4. The fourth-order valence-corrected chi connectivity index (χ4v) is 4.78. The summed E-state index contributed by atoms with van der Waals surface area (Å²) in [5.41, 5.74) is 4.11. The molecule has 0 fully saturated rings. The maximum Gasteiger partial charge on any atom is 0.179 e. The lowest BCUT2D eigenvalue weighted by atomic mass is 10.1. The molecule has 4 aromatic rings. The third-order valence-electron chi connectivity index (χ3n) is 5.11. The predicted octanol–water partition coefficient (Wildman–Crippen LogP) is 6.36. The summed E-state index contributed by atoms with van der Waals surface area (Å²) in [5, 5.41) is 13.3. The predicted molar refractivity (Wildman–Crippen MR) is 151 cm³/mol. The van der Waals surface area contributed by atoms with Gasteiger partial charge in [0, 0.05) is 30.2 Å². The molecule has 0 saturated heterocycles. The second kappa shape index (κ2) is 11.8. The van der Waals surface area contributed by atoms with Gasteiger partial charge < -0.3 is 15.3 Å². The summed E-state index contributed by atoms with van der Waals surface area (Å²) in [6.45, 7) is 0.787. The van der Waals surface area contributed by atoms with Crippen LogP contribution in [0.5, 0.6) is 5.75 Å². The number of hydrogen-bond donors (Lipinski definition) is 2. The van der Waals surface area contributed by atoms with E-state index in [2.05, 4.69) is 20.2 Å². The standard InChI is InChI=1S/C24H22Cl2N4O3S.2ClH/c1-30(2)13-14-4-6-16(7-5-14)28-23-21(34(3,32)33)12-27-20-9-8-19(29-22(20)23)15-10-17(25)24(31)18(26)11-15;;/h4-12,31H,13H2,1-3H3,(H,27,28);2*1H. The number of nitrogens with one attached hydrogen (secondary N) is 1. The van der Waals surface area contributed by atoms with Gasteiger partial charge in [0.25, 0.3) is 0 Å². The van der Waals surface area contributed by atoms with Crippen molar-refractivity contribution in [1.29, 1.82) is 0 Å². The molecular weight excluding hydrogens is 566 g/mol. The first-order valence-electron chi connectivity index (χ1n) is 10.2. The Balaban J connectivity index is 0.00000228. The van der Waals surface area contributed by atoms with Gasteiger partial charge in [0.05, 0.1) is 26.9 Å². The number of phenolic OH excluding ortho intramolecular Hbond substituents is 1. The van der Waals surface area contributed by atoms with Crippen molar-refractivity contribution >= 4 is 80.3 Å². The van der Waals surface area contributed by atoms with Crippen LogP contribution in [0.1, 0.15) is 5.56 Å². The van der Waals surface area contributed by atoms with E-state index in [9.17, 15) is 13.5 Å². The summed E-state index contributed by atoms with van der Waals surface area (Å²) in [4.78, 5) is 11.1. The number of phenols is 1. The second-order valence-electron chi connectivity index (χ2n) is 8.18. The SMILES string of the molecule is CN(C)Cc1ccc(Nc2c(S(C)(=O)=O)cnc3ccc(-c4cc(Cl)c(O)c(Cl)c4)nc23)cc1.Cl.Cl. The van der Waals surface area contributed by atoms with Gasteiger partial charge in [0.2, 0.25) is 0 Å². The molecule has 192 valence electrons. The Bertz CT molecular complexity index is 1470. The number of benzene rings is 2. The van der Waals surface area contributed by atoms with E-state index in [1.54, 1.807) is 24.3 Å². The van der Waals surface area contributed by atoms with Gasteiger partial charge in [-0.25, -0.2) is 13.4 Å². The van der Waals surface area contributed by atoms with Gasteiger partial charge in [-0.1, -0.05) is 35.3 Å². The maximum atomic E-state index is 12.6. The zero-order valence-corrected chi connectivity index (χ0v) is 23.5. The molecular formula is C24H24Cl4N4O3S. The zero-order valence-electron chi connectivity index (χ0n) is 19.5. The normalized spacial score (nSPS) is 11.2. The van der Waals surface area contributed by atoms with Crippen molar-refractivity contribution in [2.45, 2.75) is 11.4 Å². The molecule has 12 heteroatoms. The van der Waals surface area contributed by atoms with Crippen molar-refractivity contribution in [3.8, 4) is 17.0 Å². The highest BCUT2D eigenvalue weighted by Gasteiger charge is 2.20. The summed E-state index contributed by atoms with van der Waals surface area (Å²) in [5.74, 6) is -0.214. The van der Waals surface area contributed by atoms with Crippen LogP contribution >= 0.6 is 48.0 Å². The van der Waals surface area contributed by atoms with Crippen LogP contribution in [0.15, 0.2) is 59.6 Å². The number of sulfone groups is 1. The Labute approximate surface area is 232 Å². The van der Waals surface area contributed by atoms with Crippen LogP contribution in [0.2, 0.25) is 10.0 Å². The molecule has 7 nitrogen and oxygen atoms in total. The first kappa shape index (κ1) is 29.9. The van der Waals surface area contributed by atoms with E-state index < -0.39 is 9.84 Å². The van der Waals surface area contributed by atoms with Crippen LogP contribution in [0.4, 0.5) is 11.4 Å². The molecule has 0 radical (unpaired) electrons. The molecule has 0 unspecified atom stereocenters. The van der Waals surface area contributed by atoms with Crippen molar-refractivity contribution in [2.24, 2.45) is 0 Å². The van der Waals surface area contributed by atoms with Crippen molar-refractivity contribution < 1.29 is 13.5 Å². The lowest BCUT2D eigenvalue weighted by Gasteiger charge is -2.15. The number of hydrogen-bond acceptors (Lipinski definition) is 7. The Kier molecular flexibility index (Phi) is 9.81. The third kappa shape index (κ3) is 6.51. The van der Waals surface area contributed by atoms with E-state index in [0.29, 0.717) is 33.7 Å². The maximum absolute atomic E-state index is 12.6. The van der Waals surface area contributed by atoms with Gasteiger partial charge >= 0.3 is 0 Å². The second-order valence-corrected chi connectivity index (χ2v) is 11.0. The summed E-state index contributed by atoms with van der Waals surface area (Å²) >= 11 is 12.2. The van der Waals surface area contributed by atoms with Crippen LogP contribution < -0.4 is 5.32 Å². The van der Waals surface area contributed by atoms with E-state index in [1.807, 2.05) is 38.4 Å². The molecule has 0 atom stereocenters. The quantitative estimate of drug-likeness (QED) is 0.270. The molecule has 2 aromatic carbocycles. The summed E-state index contributed by atoms with van der Waals surface area (Å²) < 4.78 is 25.1. The highest BCUT2D eigenvalue weighted by Crippen LogP contribution is 2.37. The van der Waals surface area contributed by atoms with E-state index in [4.69, 9.17) is 23.2 Å². The minimum atomic E-state index is -3.61. The lowest BCUT2D eigenvalue weighted by molar-refractivity contribution is 0.402. The number of nitrogens with zero attached hydrogens (tertiary/aromatic N) is 3. The molecule has 4 rings (SSSR count). The monoisotopic (exact) mass is 588 g/mol. The van der Waals surface area contributed by atoms with Crippen molar-refractivity contribution in [3.63, 3.8) is 0 Å². The minimum Gasteiger partial charge on any atom is -0.505 e. The van der Waals surface area contributed by atoms with E-state index in [1.165, 1.54) is 6.20 Å². The van der Waals surface area contributed by atoms with Crippen LogP contribution in [0.25, 0.3) is 22.3 Å². The Morgan fingerprint density at radius 1 is 1.00 bits per heavy atom. The molecule has 2 heterocycles. The summed E-state index contributed by atoms with van der Waals surface area (Å²) in [7, 11) is 0.370. The number of pyridine rings is 2. The van der Waals surface area contributed by atoms with E-state index in [0.717, 1.165) is 18.4 Å². The van der Waals surface area contributed by atoms with Crippen LogP contribution in [-0.2, 0) is 16.4 Å². The smallest absolute Gasteiger partial charge is 0.179 e. The molecule has 2 N–H and O–H groups in total. The highest BCUT2D eigenvalue weighted by atomic mass is 35.5. The van der Waals surface area contributed by atoms with Gasteiger partial charge in [0.15, 0.2) is 15.6 Å². The summed E-state index contributed by atoms with van der Waals surface area (Å²) in [6, 6.07) is 14.3. The number of aromatic hydroxyl groups is 1. The van der Waals surface area contributed by atoms with Gasteiger partial charge in [-0.3, -0.25) is 4.98 Å². The fourth-order valence-electron chi connectivity index (χ4n) is 3.53. The first-order chi connectivity index (χ1) is 16.0. The van der Waals surface area contributed by atoms with Gasteiger partial charge in [-0.15, -0.1) is 24.8 Å². The van der Waals surface area contributed by atoms with E-state index >= 15 is 0 Å². The van der Waals surface area contributed by atoms with Crippen LogP contribution in [0.3, 0.4) is 0 Å². The van der Waals surface area contributed by atoms with Crippen molar-refractivity contribution in [1.82, 2.24) is 14.9 Å². The highest BCUT2D eigenvalue weighted by molar-refractivity contribution is 7.90. The minimum absolute atomic E-state index is 0. The topological polar surface area (TPSA) is 95.4 Å². The van der Waals surface area contributed by atoms with Gasteiger partial charge in [-0.05, 0) is 56.1 Å².